The van der Waals surface area contributed by atoms with Crippen LogP contribution in [-0.4, -0.2) is 48.0 Å². The number of benzene rings is 2. The Bertz CT molecular complexity index is 1070. The van der Waals surface area contributed by atoms with Crippen LogP contribution in [0.2, 0.25) is 0 Å². The summed E-state index contributed by atoms with van der Waals surface area (Å²) in [6.45, 7) is 2.60. The number of aromatic nitrogens is 2. The van der Waals surface area contributed by atoms with Crippen molar-refractivity contribution in [3.63, 3.8) is 0 Å². The van der Waals surface area contributed by atoms with Crippen molar-refractivity contribution < 1.29 is 9.18 Å². The van der Waals surface area contributed by atoms with Gasteiger partial charge in [-0.05, 0) is 48.4 Å². The third kappa shape index (κ3) is 4.72. The summed E-state index contributed by atoms with van der Waals surface area (Å²) in [7, 11) is 3.85. The number of primary amides is 1. The SMILES string of the molecule is CN(C)c1ncc(-c2ccc(C(N)=O)cc2)c([C@@H]2CCN(Cc3ccc(F)cc3)C2)n1. The monoisotopic (exact) mass is 419 g/mol. The number of rotatable bonds is 6. The van der Waals surface area contributed by atoms with Crippen LogP contribution in [0.5, 0.6) is 0 Å². The summed E-state index contributed by atoms with van der Waals surface area (Å²) in [5.74, 6) is 0.267. The lowest BCUT2D eigenvalue weighted by atomic mass is 9.95. The Morgan fingerprint density at radius 1 is 1.16 bits per heavy atom. The van der Waals surface area contributed by atoms with E-state index in [9.17, 15) is 9.18 Å². The summed E-state index contributed by atoms with van der Waals surface area (Å²) < 4.78 is 13.2. The van der Waals surface area contributed by atoms with Crippen LogP contribution in [0.1, 0.15) is 34.0 Å². The van der Waals surface area contributed by atoms with Gasteiger partial charge in [0.15, 0.2) is 0 Å². The first kappa shape index (κ1) is 20.9. The third-order valence-electron chi connectivity index (χ3n) is 5.66. The highest BCUT2D eigenvalue weighted by atomic mass is 19.1. The maximum absolute atomic E-state index is 13.2. The van der Waals surface area contributed by atoms with Crippen molar-refractivity contribution in [1.29, 1.82) is 0 Å². The van der Waals surface area contributed by atoms with Crippen molar-refractivity contribution in [3.05, 3.63) is 77.4 Å². The van der Waals surface area contributed by atoms with Gasteiger partial charge in [-0.3, -0.25) is 9.69 Å². The normalized spacial score (nSPS) is 16.4. The summed E-state index contributed by atoms with van der Waals surface area (Å²) in [4.78, 5) is 25.1. The van der Waals surface area contributed by atoms with Gasteiger partial charge in [-0.2, -0.15) is 0 Å². The molecule has 1 saturated heterocycles. The minimum absolute atomic E-state index is 0.216. The molecule has 2 N–H and O–H groups in total. The molecule has 1 amide bonds. The largest absolute Gasteiger partial charge is 0.366 e. The number of hydrogen-bond acceptors (Lipinski definition) is 5. The van der Waals surface area contributed by atoms with Gasteiger partial charge in [0, 0.05) is 50.4 Å². The van der Waals surface area contributed by atoms with Crippen LogP contribution in [0.15, 0.2) is 54.7 Å². The molecule has 4 rings (SSSR count). The summed E-state index contributed by atoms with van der Waals surface area (Å²) in [6.07, 6.45) is 2.84. The summed E-state index contributed by atoms with van der Waals surface area (Å²) in [5, 5.41) is 0. The number of likely N-dealkylation sites (tertiary alicyclic amines) is 1. The molecule has 31 heavy (non-hydrogen) atoms. The van der Waals surface area contributed by atoms with E-state index in [-0.39, 0.29) is 11.7 Å². The lowest BCUT2D eigenvalue weighted by Gasteiger charge is -2.19. The van der Waals surface area contributed by atoms with E-state index in [4.69, 9.17) is 10.7 Å². The maximum atomic E-state index is 13.2. The van der Waals surface area contributed by atoms with E-state index >= 15 is 0 Å². The summed E-state index contributed by atoms with van der Waals surface area (Å²) >= 11 is 0. The van der Waals surface area contributed by atoms with Crippen LogP contribution in [0, 0.1) is 5.82 Å². The van der Waals surface area contributed by atoms with Gasteiger partial charge in [0.25, 0.3) is 0 Å². The van der Waals surface area contributed by atoms with Gasteiger partial charge >= 0.3 is 0 Å². The minimum Gasteiger partial charge on any atom is -0.366 e. The number of amides is 1. The molecular weight excluding hydrogens is 393 g/mol. The fourth-order valence-corrected chi connectivity index (χ4v) is 4.00. The van der Waals surface area contributed by atoms with E-state index in [1.165, 1.54) is 12.1 Å². The van der Waals surface area contributed by atoms with Gasteiger partial charge in [0.2, 0.25) is 11.9 Å². The molecule has 0 aliphatic carbocycles. The molecule has 1 fully saturated rings. The highest BCUT2D eigenvalue weighted by Crippen LogP contribution is 2.34. The fraction of sp³-hybridized carbons (Fsp3) is 0.292. The zero-order chi connectivity index (χ0) is 22.0. The number of carbonyl (C=O) groups is 1. The van der Waals surface area contributed by atoms with Crippen LogP contribution >= 0.6 is 0 Å². The predicted molar refractivity (Wildman–Crippen MR) is 119 cm³/mol. The molecule has 2 aromatic carbocycles. The van der Waals surface area contributed by atoms with Crippen LogP contribution in [0.3, 0.4) is 0 Å². The van der Waals surface area contributed by atoms with Crippen molar-refractivity contribution in [2.24, 2.45) is 5.73 Å². The molecule has 1 aromatic heterocycles. The molecule has 6 nitrogen and oxygen atoms in total. The zero-order valence-electron chi connectivity index (χ0n) is 17.8. The van der Waals surface area contributed by atoms with Crippen molar-refractivity contribution in [3.8, 4) is 11.1 Å². The van der Waals surface area contributed by atoms with Crippen molar-refractivity contribution in [1.82, 2.24) is 14.9 Å². The molecular formula is C24H26FN5O. The first-order valence-electron chi connectivity index (χ1n) is 10.3. The van der Waals surface area contributed by atoms with Gasteiger partial charge in [-0.25, -0.2) is 14.4 Å². The highest BCUT2D eigenvalue weighted by Gasteiger charge is 2.28. The first-order valence-corrected chi connectivity index (χ1v) is 10.3. The third-order valence-corrected chi connectivity index (χ3v) is 5.66. The lowest BCUT2D eigenvalue weighted by Crippen LogP contribution is -2.20. The second-order valence-corrected chi connectivity index (χ2v) is 8.15. The quantitative estimate of drug-likeness (QED) is 0.663. The van der Waals surface area contributed by atoms with Crippen LogP contribution in [-0.2, 0) is 6.54 Å². The molecule has 0 saturated carbocycles. The van der Waals surface area contributed by atoms with E-state index in [1.54, 1.807) is 12.1 Å². The molecule has 160 valence electrons. The lowest BCUT2D eigenvalue weighted by molar-refractivity contribution is 0.100. The highest BCUT2D eigenvalue weighted by molar-refractivity contribution is 5.93. The maximum Gasteiger partial charge on any atom is 0.248 e. The van der Waals surface area contributed by atoms with Crippen LogP contribution < -0.4 is 10.6 Å². The van der Waals surface area contributed by atoms with Gasteiger partial charge in [0.1, 0.15) is 5.82 Å². The summed E-state index contributed by atoms with van der Waals surface area (Å²) in [6, 6.07) is 13.9. The minimum atomic E-state index is -0.446. The van der Waals surface area contributed by atoms with E-state index < -0.39 is 5.91 Å². The van der Waals surface area contributed by atoms with E-state index in [0.717, 1.165) is 48.4 Å². The average Bonchev–Trinajstić information content (AvgIpc) is 3.23. The second kappa shape index (κ2) is 8.81. The molecule has 1 aliphatic heterocycles. The molecule has 1 atom stereocenters. The summed E-state index contributed by atoms with van der Waals surface area (Å²) in [5.41, 5.74) is 9.88. The average molecular weight is 420 g/mol. The van der Waals surface area contributed by atoms with Gasteiger partial charge in [-0.15, -0.1) is 0 Å². The smallest absolute Gasteiger partial charge is 0.248 e. The van der Waals surface area contributed by atoms with E-state index in [2.05, 4.69) is 9.88 Å². The zero-order valence-corrected chi connectivity index (χ0v) is 17.8. The Morgan fingerprint density at radius 2 is 1.87 bits per heavy atom. The Labute approximate surface area is 181 Å². The number of halogens is 1. The van der Waals surface area contributed by atoms with Crippen molar-refractivity contribution >= 4 is 11.9 Å². The first-order chi connectivity index (χ1) is 14.9. The number of nitrogens with two attached hydrogens (primary N) is 1. The van der Waals surface area contributed by atoms with E-state index in [1.807, 2.05) is 49.5 Å². The van der Waals surface area contributed by atoms with Crippen LogP contribution in [0.25, 0.3) is 11.1 Å². The molecule has 0 spiro atoms. The molecule has 0 radical (unpaired) electrons. The second-order valence-electron chi connectivity index (χ2n) is 8.15. The van der Waals surface area contributed by atoms with Crippen LogP contribution in [0.4, 0.5) is 10.3 Å². The van der Waals surface area contributed by atoms with Crippen molar-refractivity contribution in [2.45, 2.75) is 18.9 Å². The van der Waals surface area contributed by atoms with Crippen molar-refractivity contribution in [2.75, 3.05) is 32.1 Å². The molecule has 2 heterocycles. The number of anilines is 1. The molecule has 0 unspecified atom stereocenters. The predicted octanol–water partition coefficient (Wildman–Crippen LogP) is 3.44. The molecule has 1 aliphatic rings. The topological polar surface area (TPSA) is 75.4 Å². The molecule has 3 aromatic rings. The Hall–Kier alpha value is -3.32. The van der Waals surface area contributed by atoms with Gasteiger partial charge in [-0.1, -0.05) is 24.3 Å². The Balaban J connectivity index is 1.60. The fourth-order valence-electron chi connectivity index (χ4n) is 4.00. The van der Waals surface area contributed by atoms with Gasteiger partial charge < -0.3 is 10.6 Å². The molecule has 0 bridgehead atoms. The Kier molecular flexibility index (Phi) is 5.95. The Morgan fingerprint density at radius 3 is 2.52 bits per heavy atom. The van der Waals surface area contributed by atoms with Gasteiger partial charge in [0.05, 0.1) is 5.69 Å². The standard InChI is InChI=1S/C24H26FN5O/c1-29(2)24-27-13-21(17-5-7-18(8-6-17)23(26)31)22(28-24)19-11-12-30(15-19)14-16-3-9-20(25)10-4-16/h3-10,13,19H,11-12,14-15H2,1-2H3,(H2,26,31)/t19-/m1/s1. The number of carbonyl (C=O) groups excluding carboxylic acids is 1. The number of hydrogen-bond donors (Lipinski definition) is 1. The number of nitrogens with zero attached hydrogens (tertiary/aromatic N) is 4. The van der Waals surface area contributed by atoms with E-state index in [0.29, 0.717) is 11.5 Å². The molecule has 7 heteroatoms.